The van der Waals surface area contributed by atoms with Crippen molar-refractivity contribution in [3.63, 3.8) is 0 Å². The second-order valence-corrected chi connectivity index (χ2v) is 5.37. The lowest BCUT2D eigenvalue weighted by atomic mass is 10.1. The number of hydrogen-bond donors (Lipinski definition) is 2. The molecule has 0 bridgehead atoms. The fraction of sp³-hybridized carbons (Fsp3) is 0.211. The highest BCUT2D eigenvalue weighted by Gasteiger charge is 2.22. The number of nitrogens with one attached hydrogen (secondary N) is 2. The first-order valence-corrected chi connectivity index (χ1v) is 8.00. The van der Waals surface area contributed by atoms with E-state index >= 15 is 0 Å². The van der Waals surface area contributed by atoms with Gasteiger partial charge in [0.1, 0.15) is 12.4 Å². The Morgan fingerprint density at radius 1 is 1.00 bits per heavy atom. The van der Waals surface area contributed by atoms with Gasteiger partial charge in [-0.25, -0.2) is 9.59 Å². The Morgan fingerprint density at radius 3 is 2.35 bits per heavy atom. The molecular weight excluding hydrogens is 336 g/mol. The fourth-order valence-electron chi connectivity index (χ4n) is 2.08. The molecule has 0 aliphatic heterocycles. The number of rotatable bonds is 6. The first-order valence-electron chi connectivity index (χ1n) is 8.00. The van der Waals surface area contributed by atoms with Gasteiger partial charge < -0.3 is 14.8 Å². The summed E-state index contributed by atoms with van der Waals surface area (Å²) in [6, 6.07) is 15.3. The molecule has 0 spiro atoms. The van der Waals surface area contributed by atoms with Crippen molar-refractivity contribution in [1.29, 1.82) is 0 Å². The molecule has 2 aromatic rings. The van der Waals surface area contributed by atoms with Crippen LogP contribution >= 0.6 is 0 Å². The van der Waals surface area contributed by atoms with Crippen LogP contribution in [-0.4, -0.2) is 31.1 Å². The van der Waals surface area contributed by atoms with Crippen molar-refractivity contribution in [2.75, 3.05) is 7.05 Å². The zero-order chi connectivity index (χ0) is 18.9. The van der Waals surface area contributed by atoms with Crippen molar-refractivity contribution in [3.8, 4) is 5.75 Å². The molecule has 26 heavy (non-hydrogen) atoms. The van der Waals surface area contributed by atoms with Crippen LogP contribution in [0.15, 0.2) is 54.6 Å². The number of ether oxygens (including phenoxy) is 2. The molecule has 1 atom stereocenters. The molecule has 2 aromatic carbocycles. The van der Waals surface area contributed by atoms with Crippen molar-refractivity contribution in [1.82, 2.24) is 10.6 Å². The van der Waals surface area contributed by atoms with Gasteiger partial charge in [-0.05, 0) is 25.1 Å². The van der Waals surface area contributed by atoms with Crippen molar-refractivity contribution in [2.45, 2.75) is 19.6 Å². The second kappa shape index (κ2) is 9.22. The number of para-hydroxylation sites is 1. The minimum absolute atomic E-state index is 0.175. The minimum Gasteiger partial charge on any atom is -0.489 e. The summed E-state index contributed by atoms with van der Waals surface area (Å²) < 4.78 is 10.8. The lowest BCUT2D eigenvalue weighted by Crippen LogP contribution is -2.43. The molecule has 0 aliphatic rings. The van der Waals surface area contributed by atoms with Gasteiger partial charge in [-0.15, -0.1) is 0 Å². The van der Waals surface area contributed by atoms with Crippen LogP contribution in [0.1, 0.15) is 22.8 Å². The van der Waals surface area contributed by atoms with E-state index in [0.29, 0.717) is 16.9 Å². The monoisotopic (exact) mass is 356 g/mol. The molecule has 0 fully saturated rings. The summed E-state index contributed by atoms with van der Waals surface area (Å²) in [5, 5.41) is 4.31. The summed E-state index contributed by atoms with van der Waals surface area (Å²) in [6.45, 7) is 1.56. The molecule has 0 saturated carbocycles. The first kappa shape index (κ1) is 19.0. The Bertz CT molecular complexity index is 777. The van der Waals surface area contributed by atoms with Gasteiger partial charge in [0.2, 0.25) is 0 Å². The van der Waals surface area contributed by atoms with E-state index in [1.807, 2.05) is 30.3 Å². The molecule has 1 unspecified atom stereocenters. The zero-order valence-electron chi connectivity index (χ0n) is 14.5. The number of hydrogen-bond acceptors (Lipinski definition) is 5. The lowest BCUT2D eigenvalue weighted by molar-refractivity contribution is -0.127. The van der Waals surface area contributed by atoms with Crippen molar-refractivity contribution >= 4 is 17.9 Å². The predicted molar refractivity (Wildman–Crippen MR) is 94.7 cm³/mol. The molecule has 0 aliphatic carbocycles. The molecule has 0 saturated heterocycles. The highest BCUT2D eigenvalue weighted by Crippen LogP contribution is 2.16. The van der Waals surface area contributed by atoms with Gasteiger partial charge in [0.15, 0.2) is 6.10 Å². The molecule has 2 rings (SSSR count). The van der Waals surface area contributed by atoms with E-state index < -0.39 is 24.0 Å². The SMILES string of the molecule is CNC(=O)NC(=O)C(C)OC(=O)c1ccccc1COc1ccccc1. The minimum atomic E-state index is -1.12. The van der Waals surface area contributed by atoms with Gasteiger partial charge in [-0.1, -0.05) is 36.4 Å². The molecule has 7 nitrogen and oxygen atoms in total. The van der Waals surface area contributed by atoms with Crippen LogP contribution in [0.4, 0.5) is 4.79 Å². The van der Waals surface area contributed by atoms with Crippen molar-refractivity contribution < 1.29 is 23.9 Å². The van der Waals surface area contributed by atoms with Gasteiger partial charge in [0.25, 0.3) is 5.91 Å². The fourth-order valence-corrected chi connectivity index (χ4v) is 2.08. The van der Waals surface area contributed by atoms with Crippen LogP contribution in [0.3, 0.4) is 0 Å². The van der Waals surface area contributed by atoms with E-state index in [4.69, 9.17) is 9.47 Å². The Balaban J connectivity index is 2.02. The largest absolute Gasteiger partial charge is 0.489 e. The summed E-state index contributed by atoms with van der Waals surface area (Å²) in [5.41, 5.74) is 0.920. The zero-order valence-corrected chi connectivity index (χ0v) is 14.5. The van der Waals surface area contributed by atoms with Gasteiger partial charge in [-0.2, -0.15) is 0 Å². The number of benzene rings is 2. The Morgan fingerprint density at radius 2 is 1.65 bits per heavy atom. The highest BCUT2D eigenvalue weighted by atomic mass is 16.5. The molecule has 0 heterocycles. The van der Waals surface area contributed by atoms with Crippen LogP contribution < -0.4 is 15.4 Å². The Kier molecular flexibility index (Phi) is 6.73. The number of carbonyl (C=O) groups is 3. The van der Waals surface area contributed by atoms with Crippen LogP contribution in [0, 0.1) is 0 Å². The summed E-state index contributed by atoms with van der Waals surface area (Å²) in [4.78, 5) is 35.3. The number of imide groups is 1. The molecule has 7 heteroatoms. The Hall–Kier alpha value is -3.35. The van der Waals surface area contributed by atoms with Gasteiger partial charge in [-0.3, -0.25) is 10.1 Å². The van der Waals surface area contributed by atoms with E-state index in [1.54, 1.807) is 24.3 Å². The van der Waals surface area contributed by atoms with Gasteiger partial charge in [0.05, 0.1) is 5.56 Å². The molecule has 0 radical (unpaired) electrons. The van der Waals surface area contributed by atoms with E-state index in [0.717, 1.165) is 0 Å². The van der Waals surface area contributed by atoms with Gasteiger partial charge >= 0.3 is 12.0 Å². The van der Waals surface area contributed by atoms with E-state index in [-0.39, 0.29) is 6.61 Å². The number of amides is 3. The van der Waals surface area contributed by atoms with Crippen LogP contribution in [0.25, 0.3) is 0 Å². The maximum Gasteiger partial charge on any atom is 0.339 e. The predicted octanol–water partition coefficient (Wildman–Crippen LogP) is 2.27. The third-order valence-corrected chi connectivity index (χ3v) is 3.49. The van der Waals surface area contributed by atoms with E-state index in [2.05, 4.69) is 10.6 Å². The number of esters is 1. The summed E-state index contributed by atoms with van der Waals surface area (Å²) in [7, 11) is 1.38. The van der Waals surface area contributed by atoms with Crippen LogP contribution in [0.5, 0.6) is 5.75 Å². The molecule has 0 aromatic heterocycles. The number of carbonyl (C=O) groups excluding carboxylic acids is 3. The molecule has 136 valence electrons. The molecule has 2 N–H and O–H groups in total. The van der Waals surface area contributed by atoms with E-state index in [1.165, 1.54) is 14.0 Å². The quantitative estimate of drug-likeness (QED) is 0.775. The third kappa shape index (κ3) is 5.34. The maximum absolute atomic E-state index is 12.4. The summed E-state index contributed by atoms with van der Waals surface area (Å²) >= 11 is 0. The second-order valence-electron chi connectivity index (χ2n) is 5.37. The first-order chi connectivity index (χ1) is 12.5. The third-order valence-electron chi connectivity index (χ3n) is 3.49. The van der Waals surface area contributed by atoms with E-state index in [9.17, 15) is 14.4 Å². The van der Waals surface area contributed by atoms with Crippen LogP contribution in [-0.2, 0) is 16.1 Å². The standard InChI is InChI=1S/C19H20N2O5/c1-13(17(22)21-19(24)20-2)26-18(23)16-11-7-6-8-14(16)12-25-15-9-4-3-5-10-15/h3-11,13H,12H2,1-2H3,(H2,20,21,22,24). The maximum atomic E-state index is 12.4. The summed E-state index contributed by atoms with van der Waals surface area (Å²) in [5.74, 6) is -0.707. The topological polar surface area (TPSA) is 93.7 Å². The molecule has 3 amide bonds. The van der Waals surface area contributed by atoms with Crippen LogP contribution in [0.2, 0.25) is 0 Å². The van der Waals surface area contributed by atoms with Gasteiger partial charge in [0, 0.05) is 12.6 Å². The lowest BCUT2D eigenvalue weighted by Gasteiger charge is -2.15. The van der Waals surface area contributed by atoms with Crippen molar-refractivity contribution in [3.05, 3.63) is 65.7 Å². The average Bonchev–Trinajstić information content (AvgIpc) is 2.67. The summed E-state index contributed by atoms with van der Waals surface area (Å²) in [6.07, 6.45) is -1.12. The normalized spacial score (nSPS) is 11.2. The molecular formula is C19H20N2O5. The number of urea groups is 1. The highest BCUT2D eigenvalue weighted by molar-refractivity contribution is 5.98. The Labute approximate surface area is 151 Å². The smallest absolute Gasteiger partial charge is 0.339 e. The average molecular weight is 356 g/mol. The van der Waals surface area contributed by atoms with Crippen molar-refractivity contribution in [2.24, 2.45) is 0 Å².